The molecule has 0 amide bonds. The topological polar surface area (TPSA) is 75.6 Å². The molecule has 0 aromatic heterocycles. The van der Waals surface area contributed by atoms with Crippen molar-refractivity contribution in [3.63, 3.8) is 0 Å². The fourth-order valence-corrected chi connectivity index (χ4v) is 3.08. The third-order valence-electron chi connectivity index (χ3n) is 4.31. The number of likely N-dealkylation sites (N-methyl/N-ethyl adjacent to an activating group) is 1. The second kappa shape index (κ2) is 6.87. The van der Waals surface area contributed by atoms with Gasteiger partial charge in [-0.05, 0) is 31.1 Å². The van der Waals surface area contributed by atoms with Gasteiger partial charge in [-0.15, -0.1) is 0 Å². The highest BCUT2D eigenvalue weighted by atomic mass is 16.6. The zero-order valence-corrected chi connectivity index (χ0v) is 12.8. The van der Waals surface area contributed by atoms with Crippen molar-refractivity contribution in [2.75, 3.05) is 31.9 Å². The van der Waals surface area contributed by atoms with Crippen molar-refractivity contribution in [3.05, 3.63) is 33.9 Å². The van der Waals surface area contributed by atoms with Crippen LogP contribution in [0.25, 0.3) is 0 Å². The zero-order chi connectivity index (χ0) is 15.4. The van der Waals surface area contributed by atoms with Crippen molar-refractivity contribution in [1.29, 1.82) is 0 Å². The first-order valence-corrected chi connectivity index (χ1v) is 7.54. The molecule has 1 saturated heterocycles. The van der Waals surface area contributed by atoms with Crippen molar-refractivity contribution < 1.29 is 4.92 Å². The van der Waals surface area contributed by atoms with Crippen LogP contribution in [-0.4, -0.2) is 46.9 Å². The summed E-state index contributed by atoms with van der Waals surface area (Å²) < 4.78 is 0. The van der Waals surface area contributed by atoms with Gasteiger partial charge >= 0.3 is 0 Å². The summed E-state index contributed by atoms with van der Waals surface area (Å²) in [5, 5.41) is 10.9. The van der Waals surface area contributed by atoms with E-state index in [1.807, 2.05) is 0 Å². The van der Waals surface area contributed by atoms with Gasteiger partial charge in [-0.2, -0.15) is 0 Å². The maximum atomic E-state index is 10.9. The van der Waals surface area contributed by atoms with E-state index < -0.39 is 0 Å². The van der Waals surface area contributed by atoms with Gasteiger partial charge in [-0.25, -0.2) is 0 Å². The third kappa shape index (κ3) is 3.71. The molecule has 1 aromatic rings. The SMILES string of the molecule is CCN(CC)C1CCN(Cc2cc([N+](=O)[O-])ccc2N)C1. The van der Waals surface area contributed by atoms with E-state index in [0.29, 0.717) is 18.3 Å². The van der Waals surface area contributed by atoms with Gasteiger partial charge in [0.1, 0.15) is 0 Å². The van der Waals surface area contributed by atoms with E-state index in [1.165, 1.54) is 6.07 Å². The Morgan fingerprint density at radius 3 is 2.76 bits per heavy atom. The van der Waals surface area contributed by atoms with Gasteiger partial charge in [0.2, 0.25) is 0 Å². The summed E-state index contributed by atoms with van der Waals surface area (Å²) in [4.78, 5) is 15.3. The molecular weight excluding hydrogens is 268 g/mol. The molecule has 0 spiro atoms. The van der Waals surface area contributed by atoms with Crippen molar-refractivity contribution in [2.24, 2.45) is 0 Å². The third-order valence-corrected chi connectivity index (χ3v) is 4.31. The molecule has 6 nitrogen and oxygen atoms in total. The van der Waals surface area contributed by atoms with Gasteiger partial charge in [0, 0.05) is 43.5 Å². The Morgan fingerprint density at radius 2 is 2.14 bits per heavy atom. The molecule has 0 saturated carbocycles. The standard InChI is InChI=1S/C15H24N4O2/c1-3-18(4-2)14-7-8-17(11-14)10-12-9-13(19(20)21)5-6-15(12)16/h5-6,9,14H,3-4,7-8,10-11,16H2,1-2H3. The highest BCUT2D eigenvalue weighted by Crippen LogP contribution is 2.24. The van der Waals surface area contributed by atoms with E-state index in [9.17, 15) is 10.1 Å². The maximum absolute atomic E-state index is 10.9. The van der Waals surface area contributed by atoms with Gasteiger partial charge in [0.25, 0.3) is 5.69 Å². The monoisotopic (exact) mass is 292 g/mol. The Hall–Kier alpha value is -1.66. The summed E-state index contributed by atoms with van der Waals surface area (Å²) in [7, 11) is 0. The molecule has 21 heavy (non-hydrogen) atoms. The number of nitro benzene ring substituents is 1. The molecule has 1 heterocycles. The van der Waals surface area contributed by atoms with E-state index >= 15 is 0 Å². The molecule has 1 aliphatic rings. The minimum atomic E-state index is -0.369. The summed E-state index contributed by atoms with van der Waals surface area (Å²) in [6.07, 6.45) is 1.15. The number of nitrogens with two attached hydrogens (primary N) is 1. The van der Waals surface area contributed by atoms with Crippen LogP contribution in [0.3, 0.4) is 0 Å². The van der Waals surface area contributed by atoms with Crippen molar-refractivity contribution in [2.45, 2.75) is 32.9 Å². The van der Waals surface area contributed by atoms with Crippen LogP contribution in [0.4, 0.5) is 11.4 Å². The second-order valence-electron chi connectivity index (χ2n) is 5.54. The van der Waals surface area contributed by atoms with E-state index in [0.717, 1.165) is 38.2 Å². The van der Waals surface area contributed by atoms with Crippen LogP contribution < -0.4 is 5.73 Å². The molecule has 1 aromatic carbocycles. The maximum Gasteiger partial charge on any atom is 0.269 e. The number of rotatable bonds is 6. The highest BCUT2D eigenvalue weighted by molar-refractivity contribution is 5.52. The first-order valence-electron chi connectivity index (χ1n) is 7.54. The number of nitrogen functional groups attached to an aromatic ring is 1. The lowest BCUT2D eigenvalue weighted by Crippen LogP contribution is -2.37. The Kier molecular flexibility index (Phi) is 5.14. The van der Waals surface area contributed by atoms with Crippen molar-refractivity contribution in [3.8, 4) is 0 Å². The normalized spacial score (nSPS) is 19.3. The molecule has 0 aliphatic carbocycles. The molecule has 1 aliphatic heterocycles. The van der Waals surface area contributed by atoms with Crippen molar-refractivity contribution >= 4 is 11.4 Å². The molecule has 2 N–H and O–H groups in total. The van der Waals surface area contributed by atoms with E-state index in [1.54, 1.807) is 12.1 Å². The van der Waals surface area contributed by atoms with Gasteiger partial charge in [0.15, 0.2) is 0 Å². The average Bonchev–Trinajstić information content (AvgIpc) is 2.91. The number of anilines is 1. The molecule has 1 fully saturated rings. The minimum absolute atomic E-state index is 0.110. The van der Waals surface area contributed by atoms with Crippen LogP contribution in [-0.2, 0) is 6.54 Å². The number of non-ortho nitro benzene ring substituents is 1. The minimum Gasteiger partial charge on any atom is -0.398 e. The number of nitrogens with zero attached hydrogens (tertiary/aromatic N) is 3. The van der Waals surface area contributed by atoms with Crippen LogP contribution in [0.1, 0.15) is 25.8 Å². The van der Waals surface area contributed by atoms with E-state index in [-0.39, 0.29) is 10.6 Å². The number of nitro groups is 1. The number of hydrogen-bond acceptors (Lipinski definition) is 5. The van der Waals surface area contributed by atoms with Gasteiger partial charge in [-0.1, -0.05) is 13.8 Å². The highest BCUT2D eigenvalue weighted by Gasteiger charge is 2.26. The Bertz CT molecular complexity index is 502. The largest absolute Gasteiger partial charge is 0.398 e. The van der Waals surface area contributed by atoms with Crippen LogP contribution in [0.15, 0.2) is 18.2 Å². The molecular formula is C15H24N4O2. The van der Waals surface area contributed by atoms with Gasteiger partial charge in [0.05, 0.1) is 4.92 Å². The Morgan fingerprint density at radius 1 is 1.43 bits per heavy atom. The van der Waals surface area contributed by atoms with Crippen LogP contribution >= 0.6 is 0 Å². The van der Waals surface area contributed by atoms with Crippen LogP contribution in [0, 0.1) is 10.1 Å². The van der Waals surface area contributed by atoms with Crippen LogP contribution in [0.2, 0.25) is 0 Å². The van der Waals surface area contributed by atoms with E-state index in [2.05, 4.69) is 23.6 Å². The number of likely N-dealkylation sites (tertiary alicyclic amines) is 1. The van der Waals surface area contributed by atoms with Crippen LogP contribution in [0.5, 0.6) is 0 Å². The molecule has 0 bridgehead atoms. The quantitative estimate of drug-likeness (QED) is 0.493. The fourth-order valence-electron chi connectivity index (χ4n) is 3.08. The summed E-state index contributed by atoms with van der Waals surface area (Å²) in [5.41, 5.74) is 7.55. The van der Waals surface area contributed by atoms with Gasteiger partial charge in [-0.3, -0.25) is 19.9 Å². The summed E-state index contributed by atoms with van der Waals surface area (Å²) in [6.45, 7) is 9.20. The smallest absolute Gasteiger partial charge is 0.269 e. The summed E-state index contributed by atoms with van der Waals surface area (Å²) >= 11 is 0. The first-order chi connectivity index (χ1) is 10.0. The lowest BCUT2D eigenvalue weighted by atomic mass is 10.1. The first kappa shape index (κ1) is 15.7. The number of benzene rings is 1. The Labute approximate surface area is 125 Å². The second-order valence-corrected chi connectivity index (χ2v) is 5.54. The predicted octanol–water partition coefficient (Wildman–Crippen LogP) is 2.09. The fraction of sp³-hybridized carbons (Fsp3) is 0.600. The zero-order valence-electron chi connectivity index (χ0n) is 12.8. The summed E-state index contributed by atoms with van der Waals surface area (Å²) in [5.74, 6) is 0. The average molecular weight is 292 g/mol. The Balaban J connectivity index is 2.03. The molecule has 2 rings (SSSR count). The molecule has 1 atom stereocenters. The number of hydrogen-bond donors (Lipinski definition) is 1. The van der Waals surface area contributed by atoms with Gasteiger partial charge < -0.3 is 5.73 Å². The molecule has 116 valence electrons. The molecule has 1 unspecified atom stereocenters. The van der Waals surface area contributed by atoms with E-state index in [4.69, 9.17) is 5.73 Å². The summed E-state index contributed by atoms with van der Waals surface area (Å²) in [6, 6.07) is 5.27. The lowest BCUT2D eigenvalue weighted by Gasteiger charge is -2.26. The predicted molar refractivity (Wildman–Crippen MR) is 84.1 cm³/mol. The van der Waals surface area contributed by atoms with Crippen molar-refractivity contribution in [1.82, 2.24) is 9.80 Å². The molecule has 0 radical (unpaired) electrons. The lowest BCUT2D eigenvalue weighted by molar-refractivity contribution is -0.384. The molecule has 6 heteroatoms.